The van der Waals surface area contributed by atoms with E-state index in [-0.39, 0.29) is 12.7 Å². The summed E-state index contributed by atoms with van der Waals surface area (Å²) in [6, 6.07) is 0. The molecule has 41 heavy (non-hydrogen) atoms. The topological polar surface area (TPSA) is 110 Å². The van der Waals surface area contributed by atoms with Crippen LogP contribution in [0.25, 0.3) is 0 Å². The minimum Gasteiger partial charge on any atom is -0.394 e. The second kappa shape index (κ2) is 12.1. The summed E-state index contributed by atoms with van der Waals surface area (Å²) in [5.74, 6) is 4.60. The summed E-state index contributed by atoms with van der Waals surface area (Å²) in [5.41, 5.74) is 2.52. The van der Waals surface area contributed by atoms with E-state index in [1.807, 2.05) is 0 Å². The van der Waals surface area contributed by atoms with Crippen LogP contribution in [0.15, 0.2) is 11.6 Å². The largest absolute Gasteiger partial charge is 0.394 e. The number of rotatable bonds is 8. The molecule has 1 heterocycles. The average Bonchev–Trinajstić information content (AvgIpc) is 3.31. The molecule has 6 heteroatoms. The van der Waals surface area contributed by atoms with Crippen molar-refractivity contribution < 1.29 is 30.3 Å². The Morgan fingerprint density at radius 1 is 0.829 bits per heavy atom. The number of aliphatic hydroxyl groups excluding tert-OH is 5. The van der Waals surface area contributed by atoms with Gasteiger partial charge in [0.05, 0.1) is 18.8 Å². The van der Waals surface area contributed by atoms with Gasteiger partial charge in [-0.1, -0.05) is 66.0 Å². The Hall–Kier alpha value is -0.500. The van der Waals surface area contributed by atoms with Crippen LogP contribution in [-0.2, 0) is 4.74 Å². The standard InChI is InChI=1S/C35H60O6/c1-19(21(3)17-29-31(38)33(40)32(39)30(18-36)41-29)7-8-20(2)24-11-12-26-23-9-10-25-22(4)28(37)14-16-35(25,6)27(23)13-15-34(24,26)5/h9,19-22,24-33,36-40H,7-8,10-18H2,1-6H3/t19-,20+,21?,22?,24+,25?,26-,27-,28?,29?,30+,31-,32+,33+,34+,35-/m0/s1. The third-order valence-electron chi connectivity index (χ3n) is 14.0. The molecule has 5 rings (SSSR count). The molecular formula is C35H60O6. The van der Waals surface area contributed by atoms with Crippen molar-refractivity contribution >= 4 is 0 Å². The van der Waals surface area contributed by atoms with Gasteiger partial charge in [0.1, 0.15) is 24.4 Å². The third-order valence-corrected chi connectivity index (χ3v) is 14.0. The Kier molecular flexibility index (Phi) is 9.43. The first-order valence-corrected chi connectivity index (χ1v) is 17.0. The van der Waals surface area contributed by atoms with Crippen molar-refractivity contribution in [3.8, 4) is 0 Å². The maximum atomic E-state index is 10.6. The van der Waals surface area contributed by atoms with Crippen LogP contribution in [0.2, 0.25) is 0 Å². The van der Waals surface area contributed by atoms with E-state index in [1.165, 1.54) is 38.5 Å². The summed E-state index contributed by atoms with van der Waals surface area (Å²) in [7, 11) is 0. The van der Waals surface area contributed by atoms with E-state index in [4.69, 9.17) is 4.74 Å². The lowest BCUT2D eigenvalue weighted by atomic mass is 9.46. The van der Waals surface area contributed by atoms with Gasteiger partial charge in [-0.2, -0.15) is 0 Å². The number of aliphatic hydroxyl groups is 5. The Morgan fingerprint density at radius 2 is 1.49 bits per heavy atom. The van der Waals surface area contributed by atoms with E-state index >= 15 is 0 Å². The molecule has 1 saturated heterocycles. The van der Waals surface area contributed by atoms with E-state index in [2.05, 4.69) is 47.6 Å². The van der Waals surface area contributed by atoms with Crippen LogP contribution >= 0.6 is 0 Å². The predicted octanol–water partition coefficient (Wildman–Crippen LogP) is 5.09. The molecule has 0 radical (unpaired) electrons. The smallest absolute Gasteiger partial charge is 0.111 e. The van der Waals surface area contributed by atoms with E-state index in [9.17, 15) is 25.5 Å². The summed E-state index contributed by atoms with van der Waals surface area (Å²) in [4.78, 5) is 0. The highest BCUT2D eigenvalue weighted by Crippen LogP contribution is 2.67. The lowest BCUT2D eigenvalue weighted by Gasteiger charge is -2.59. The molecule has 0 bridgehead atoms. The van der Waals surface area contributed by atoms with E-state index in [0.717, 1.165) is 31.1 Å². The van der Waals surface area contributed by atoms with Crippen molar-refractivity contribution in [1.29, 1.82) is 0 Å². The maximum Gasteiger partial charge on any atom is 0.111 e. The molecule has 6 nitrogen and oxygen atoms in total. The molecule has 4 aliphatic carbocycles. The first kappa shape index (κ1) is 31.9. The molecule has 5 unspecified atom stereocenters. The maximum absolute atomic E-state index is 10.6. The highest BCUT2D eigenvalue weighted by molar-refractivity contribution is 5.28. The Morgan fingerprint density at radius 3 is 2.20 bits per heavy atom. The van der Waals surface area contributed by atoms with Gasteiger partial charge >= 0.3 is 0 Å². The van der Waals surface area contributed by atoms with Gasteiger partial charge < -0.3 is 30.3 Å². The zero-order valence-corrected chi connectivity index (χ0v) is 26.6. The number of ether oxygens (including phenoxy) is 1. The summed E-state index contributed by atoms with van der Waals surface area (Å²) < 4.78 is 5.80. The first-order valence-electron chi connectivity index (χ1n) is 17.0. The fourth-order valence-corrected chi connectivity index (χ4v) is 10.9. The quantitative estimate of drug-likeness (QED) is 0.258. The lowest BCUT2D eigenvalue weighted by molar-refractivity contribution is -0.233. The molecule has 3 saturated carbocycles. The van der Waals surface area contributed by atoms with Gasteiger partial charge in [-0.05, 0) is 110 Å². The Balaban J connectivity index is 1.18. The van der Waals surface area contributed by atoms with Gasteiger partial charge in [0.15, 0.2) is 0 Å². The van der Waals surface area contributed by atoms with Crippen LogP contribution in [0.5, 0.6) is 0 Å². The van der Waals surface area contributed by atoms with Crippen molar-refractivity contribution in [3.05, 3.63) is 11.6 Å². The average molecular weight is 577 g/mol. The van der Waals surface area contributed by atoms with Gasteiger partial charge in [-0.15, -0.1) is 0 Å². The van der Waals surface area contributed by atoms with Crippen LogP contribution in [-0.4, -0.2) is 68.8 Å². The van der Waals surface area contributed by atoms with Gasteiger partial charge in [0.25, 0.3) is 0 Å². The van der Waals surface area contributed by atoms with E-state index in [0.29, 0.717) is 52.8 Å². The molecule has 4 fully saturated rings. The van der Waals surface area contributed by atoms with Crippen LogP contribution < -0.4 is 0 Å². The SMILES string of the molecule is CC1C(O)CC[C@@]2(C)C1CC=C1[C@@H]3CC[C@H]([C@H](C)CC[C@H](C)C(C)CC4O[C@H](CO)[C@@H](O)[C@H](O)[C@H]4O)[C@@]3(C)CC[C@@H]12. The fourth-order valence-electron chi connectivity index (χ4n) is 10.9. The van der Waals surface area contributed by atoms with Crippen molar-refractivity contribution in [2.45, 2.75) is 142 Å². The summed E-state index contributed by atoms with van der Waals surface area (Å²) in [6.45, 7) is 14.0. The zero-order valence-electron chi connectivity index (χ0n) is 26.6. The number of hydrogen-bond acceptors (Lipinski definition) is 6. The second-order valence-electron chi connectivity index (χ2n) is 16.0. The minimum absolute atomic E-state index is 0.129. The van der Waals surface area contributed by atoms with Gasteiger partial charge in [-0.3, -0.25) is 0 Å². The van der Waals surface area contributed by atoms with Crippen molar-refractivity contribution in [1.82, 2.24) is 0 Å². The molecule has 16 atom stereocenters. The monoisotopic (exact) mass is 576 g/mol. The first-order chi connectivity index (χ1) is 19.3. The minimum atomic E-state index is -1.29. The molecule has 0 aromatic heterocycles. The van der Waals surface area contributed by atoms with Crippen molar-refractivity contribution in [2.75, 3.05) is 6.61 Å². The van der Waals surface area contributed by atoms with E-state index < -0.39 is 30.5 Å². The number of allylic oxidation sites excluding steroid dienone is 2. The van der Waals surface area contributed by atoms with Crippen LogP contribution in [0.4, 0.5) is 0 Å². The number of hydrogen-bond donors (Lipinski definition) is 5. The molecule has 1 aliphatic heterocycles. The molecule has 5 aliphatic rings. The second-order valence-corrected chi connectivity index (χ2v) is 16.0. The summed E-state index contributed by atoms with van der Waals surface area (Å²) >= 11 is 0. The third kappa shape index (κ3) is 5.50. The number of fused-ring (bicyclic) bond motifs is 5. The molecular weight excluding hydrogens is 516 g/mol. The Labute approximate surface area is 249 Å². The van der Waals surface area contributed by atoms with Crippen molar-refractivity contribution in [2.24, 2.45) is 58.2 Å². The molecule has 5 N–H and O–H groups in total. The van der Waals surface area contributed by atoms with Crippen LogP contribution in [0.1, 0.15) is 106 Å². The molecule has 0 aromatic carbocycles. The van der Waals surface area contributed by atoms with Gasteiger partial charge in [0.2, 0.25) is 0 Å². The molecule has 0 aromatic rings. The Bertz CT molecular complexity index is 936. The lowest BCUT2D eigenvalue weighted by Crippen LogP contribution is -2.58. The molecule has 0 spiro atoms. The fraction of sp³-hybridized carbons (Fsp3) is 0.943. The zero-order chi connectivity index (χ0) is 29.9. The summed E-state index contributed by atoms with van der Waals surface area (Å²) in [5, 5.41) is 51.0. The van der Waals surface area contributed by atoms with Crippen LogP contribution in [0.3, 0.4) is 0 Å². The van der Waals surface area contributed by atoms with Gasteiger partial charge in [0, 0.05) is 0 Å². The normalized spacial score (nSPS) is 50.2. The highest BCUT2D eigenvalue weighted by atomic mass is 16.5. The van der Waals surface area contributed by atoms with Crippen molar-refractivity contribution in [3.63, 3.8) is 0 Å². The highest BCUT2D eigenvalue weighted by Gasteiger charge is 2.59. The molecule has 0 amide bonds. The van der Waals surface area contributed by atoms with Gasteiger partial charge in [-0.25, -0.2) is 0 Å². The molecule has 236 valence electrons. The summed E-state index contributed by atoms with van der Waals surface area (Å²) in [6.07, 6.45) is 8.90. The van der Waals surface area contributed by atoms with E-state index in [1.54, 1.807) is 5.57 Å². The predicted molar refractivity (Wildman–Crippen MR) is 161 cm³/mol. The van der Waals surface area contributed by atoms with Crippen LogP contribution in [0, 0.1) is 58.2 Å².